The van der Waals surface area contributed by atoms with Crippen molar-refractivity contribution in [3.05, 3.63) is 28.8 Å². The van der Waals surface area contributed by atoms with Crippen LogP contribution in [0.25, 0.3) is 0 Å². The third-order valence-electron chi connectivity index (χ3n) is 3.25. The zero-order valence-corrected chi connectivity index (χ0v) is 11.9. The van der Waals surface area contributed by atoms with Crippen LogP contribution in [0.1, 0.15) is 18.4 Å². The van der Waals surface area contributed by atoms with Crippen LogP contribution in [0.2, 0.25) is 5.02 Å². The lowest BCUT2D eigenvalue weighted by Crippen LogP contribution is -2.41. The van der Waals surface area contributed by atoms with Crippen LogP contribution >= 0.6 is 11.6 Å². The molecule has 6 heteroatoms. The summed E-state index contributed by atoms with van der Waals surface area (Å²) in [6.07, 6.45) is 2.18. The minimum absolute atomic E-state index is 0.0523. The standard InChI is InChI=1S/C14H19ClN2O3/c15-13-9-12(2-1-10(13)3-6-18)17-14(19)16-11-4-7-20-8-5-11/h1-2,9,11,18H,3-8H2,(H2,16,17,19). The van der Waals surface area contributed by atoms with Crippen molar-refractivity contribution in [2.24, 2.45) is 0 Å². The van der Waals surface area contributed by atoms with Gasteiger partial charge >= 0.3 is 6.03 Å². The summed E-state index contributed by atoms with van der Waals surface area (Å²) in [5.41, 5.74) is 1.51. The fraction of sp³-hybridized carbons (Fsp3) is 0.500. The van der Waals surface area contributed by atoms with Gasteiger partial charge in [-0.15, -0.1) is 0 Å². The molecule has 0 atom stereocenters. The topological polar surface area (TPSA) is 70.6 Å². The Morgan fingerprint density at radius 3 is 2.80 bits per heavy atom. The zero-order valence-electron chi connectivity index (χ0n) is 11.2. The highest BCUT2D eigenvalue weighted by atomic mass is 35.5. The molecule has 0 aliphatic carbocycles. The van der Waals surface area contributed by atoms with Crippen molar-refractivity contribution >= 4 is 23.3 Å². The van der Waals surface area contributed by atoms with Crippen molar-refractivity contribution in [3.63, 3.8) is 0 Å². The van der Waals surface area contributed by atoms with Gasteiger partial charge in [0, 0.05) is 36.6 Å². The van der Waals surface area contributed by atoms with E-state index in [0.29, 0.717) is 30.3 Å². The first-order chi connectivity index (χ1) is 9.69. The second-order valence-electron chi connectivity index (χ2n) is 4.76. The second-order valence-corrected chi connectivity index (χ2v) is 5.17. The first kappa shape index (κ1) is 15.1. The maximum atomic E-state index is 11.9. The number of hydrogen-bond acceptors (Lipinski definition) is 3. The average molecular weight is 299 g/mol. The van der Waals surface area contributed by atoms with Crippen LogP contribution in [0.5, 0.6) is 0 Å². The molecular weight excluding hydrogens is 280 g/mol. The number of hydrogen-bond donors (Lipinski definition) is 3. The first-order valence-corrected chi connectivity index (χ1v) is 7.11. The smallest absolute Gasteiger partial charge is 0.319 e. The van der Waals surface area contributed by atoms with E-state index >= 15 is 0 Å². The Hall–Kier alpha value is -1.30. The Labute approximate surface area is 123 Å². The molecule has 0 saturated carbocycles. The highest BCUT2D eigenvalue weighted by molar-refractivity contribution is 6.31. The van der Waals surface area contributed by atoms with Crippen LogP contribution in [0.15, 0.2) is 18.2 Å². The third kappa shape index (κ3) is 4.37. The number of aliphatic hydroxyl groups excluding tert-OH is 1. The predicted molar refractivity (Wildman–Crippen MR) is 78.2 cm³/mol. The maximum Gasteiger partial charge on any atom is 0.319 e. The van der Waals surface area contributed by atoms with Crippen LogP contribution in [0, 0.1) is 0 Å². The molecule has 1 saturated heterocycles. The normalized spacial score (nSPS) is 15.9. The van der Waals surface area contributed by atoms with E-state index in [2.05, 4.69) is 10.6 Å². The fourth-order valence-corrected chi connectivity index (χ4v) is 2.42. The molecule has 5 nitrogen and oxygen atoms in total. The highest BCUT2D eigenvalue weighted by Crippen LogP contribution is 2.21. The van der Waals surface area contributed by atoms with Crippen molar-refractivity contribution in [1.82, 2.24) is 5.32 Å². The van der Waals surface area contributed by atoms with Crippen LogP contribution in [0.4, 0.5) is 10.5 Å². The molecule has 0 unspecified atom stereocenters. The second kappa shape index (κ2) is 7.47. The van der Waals surface area contributed by atoms with Gasteiger partial charge in [0.15, 0.2) is 0 Å². The number of aliphatic hydroxyl groups is 1. The quantitative estimate of drug-likeness (QED) is 0.798. The largest absolute Gasteiger partial charge is 0.396 e. The van der Waals surface area contributed by atoms with Gasteiger partial charge in [-0.25, -0.2) is 4.79 Å². The minimum Gasteiger partial charge on any atom is -0.396 e. The Kier molecular flexibility index (Phi) is 5.64. The molecule has 2 rings (SSSR count). The van der Waals surface area contributed by atoms with Crippen LogP contribution < -0.4 is 10.6 Å². The summed E-state index contributed by atoms with van der Waals surface area (Å²) in [6, 6.07) is 5.20. The van der Waals surface area contributed by atoms with Gasteiger partial charge in [-0.2, -0.15) is 0 Å². The molecule has 20 heavy (non-hydrogen) atoms. The summed E-state index contributed by atoms with van der Waals surface area (Å²) < 4.78 is 5.24. The molecule has 110 valence electrons. The molecule has 1 aliphatic rings. The van der Waals surface area contributed by atoms with Gasteiger partial charge in [-0.1, -0.05) is 17.7 Å². The summed E-state index contributed by atoms with van der Waals surface area (Å²) in [6.45, 7) is 1.43. The number of carbonyl (C=O) groups excluding carboxylic acids is 1. The van der Waals surface area contributed by atoms with Gasteiger partial charge in [0.05, 0.1) is 0 Å². The lowest BCUT2D eigenvalue weighted by Gasteiger charge is -2.23. The van der Waals surface area contributed by atoms with Gasteiger partial charge in [-0.05, 0) is 37.0 Å². The number of ether oxygens (including phenoxy) is 1. The maximum absolute atomic E-state index is 11.9. The van der Waals surface area contributed by atoms with E-state index in [1.165, 1.54) is 0 Å². The van der Waals surface area contributed by atoms with E-state index in [0.717, 1.165) is 18.4 Å². The SMILES string of the molecule is O=C(Nc1ccc(CCO)c(Cl)c1)NC1CCOCC1. The van der Waals surface area contributed by atoms with Gasteiger partial charge in [0.1, 0.15) is 0 Å². The number of rotatable bonds is 4. The van der Waals surface area contributed by atoms with Crippen molar-refractivity contribution in [2.75, 3.05) is 25.1 Å². The van der Waals surface area contributed by atoms with E-state index in [-0.39, 0.29) is 18.7 Å². The monoisotopic (exact) mass is 298 g/mol. The van der Waals surface area contributed by atoms with Crippen LogP contribution in [-0.2, 0) is 11.2 Å². The van der Waals surface area contributed by atoms with Gasteiger partial charge < -0.3 is 20.5 Å². The summed E-state index contributed by atoms with van der Waals surface area (Å²) in [5.74, 6) is 0. The Balaban J connectivity index is 1.88. The molecule has 0 bridgehead atoms. The van der Waals surface area contributed by atoms with Crippen molar-refractivity contribution in [1.29, 1.82) is 0 Å². The van der Waals surface area contributed by atoms with E-state index < -0.39 is 0 Å². The fourth-order valence-electron chi connectivity index (χ4n) is 2.14. The summed E-state index contributed by atoms with van der Waals surface area (Å²) >= 11 is 6.08. The predicted octanol–water partition coefficient (Wildman–Crippen LogP) is 2.18. The van der Waals surface area contributed by atoms with Crippen molar-refractivity contribution in [2.45, 2.75) is 25.3 Å². The van der Waals surface area contributed by atoms with Gasteiger partial charge in [0.2, 0.25) is 0 Å². The molecule has 1 aromatic rings. The molecule has 1 aliphatic heterocycles. The minimum atomic E-state index is -0.233. The highest BCUT2D eigenvalue weighted by Gasteiger charge is 2.16. The number of anilines is 1. The Bertz CT molecular complexity index is 462. The molecular formula is C14H19ClN2O3. The molecule has 1 aromatic carbocycles. The van der Waals surface area contributed by atoms with Gasteiger partial charge in [-0.3, -0.25) is 0 Å². The van der Waals surface area contributed by atoms with Crippen molar-refractivity contribution < 1.29 is 14.6 Å². The summed E-state index contributed by atoms with van der Waals surface area (Å²) in [4.78, 5) is 11.9. The lowest BCUT2D eigenvalue weighted by molar-refractivity contribution is 0.0806. The van der Waals surface area contributed by atoms with E-state index in [1.54, 1.807) is 12.1 Å². The molecule has 2 amide bonds. The Morgan fingerprint density at radius 1 is 1.40 bits per heavy atom. The number of nitrogens with one attached hydrogen (secondary N) is 2. The van der Waals surface area contributed by atoms with E-state index in [1.807, 2.05) is 6.07 Å². The molecule has 3 N–H and O–H groups in total. The third-order valence-corrected chi connectivity index (χ3v) is 3.60. The van der Waals surface area contributed by atoms with Crippen LogP contribution in [-0.4, -0.2) is 37.0 Å². The van der Waals surface area contributed by atoms with Crippen molar-refractivity contribution in [3.8, 4) is 0 Å². The summed E-state index contributed by atoms with van der Waals surface area (Å²) in [5, 5.41) is 15.1. The molecule has 1 heterocycles. The molecule has 0 aromatic heterocycles. The number of amides is 2. The molecule has 0 spiro atoms. The van der Waals surface area contributed by atoms with Gasteiger partial charge in [0.25, 0.3) is 0 Å². The average Bonchev–Trinajstić information content (AvgIpc) is 2.43. The Morgan fingerprint density at radius 2 is 2.15 bits per heavy atom. The van der Waals surface area contributed by atoms with E-state index in [9.17, 15) is 4.79 Å². The van der Waals surface area contributed by atoms with Crippen LogP contribution in [0.3, 0.4) is 0 Å². The number of carbonyl (C=O) groups is 1. The molecule has 1 fully saturated rings. The summed E-state index contributed by atoms with van der Waals surface area (Å²) in [7, 11) is 0. The first-order valence-electron chi connectivity index (χ1n) is 6.73. The number of urea groups is 1. The number of benzene rings is 1. The van der Waals surface area contributed by atoms with E-state index in [4.69, 9.17) is 21.4 Å². The lowest BCUT2D eigenvalue weighted by atomic mass is 10.1. The zero-order chi connectivity index (χ0) is 14.4. The number of halogens is 1. The molecule has 0 radical (unpaired) electrons.